The first-order valence-electron chi connectivity index (χ1n) is 8.65. The number of hydrogen-bond acceptors (Lipinski definition) is 5. The van der Waals surface area contributed by atoms with E-state index in [0.717, 1.165) is 19.3 Å². The highest BCUT2D eigenvalue weighted by Gasteiger charge is 2.27. The van der Waals surface area contributed by atoms with Gasteiger partial charge in [-0.05, 0) is 56.0 Å². The highest BCUT2D eigenvalue weighted by atomic mass is 19.1. The normalized spacial score (nSPS) is 20.0. The molecule has 7 heteroatoms. The Labute approximate surface area is 146 Å². The van der Waals surface area contributed by atoms with Gasteiger partial charge in [-0.25, -0.2) is 4.39 Å². The Morgan fingerprint density at radius 1 is 1.44 bits per heavy atom. The number of benzene rings is 1. The molecule has 1 fully saturated rings. The Bertz CT molecular complexity index is 746. The third-order valence-corrected chi connectivity index (χ3v) is 4.76. The molecule has 6 nitrogen and oxygen atoms in total. The molecule has 1 heterocycles. The predicted octanol–water partition coefficient (Wildman–Crippen LogP) is 2.36. The monoisotopic (exact) mass is 346 g/mol. The molecule has 0 bridgehead atoms. The van der Waals surface area contributed by atoms with E-state index in [1.807, 2.05) is 0 Å². The van der Waals surface area contributed by atoms with Crippen LogP contribution in [0.1, 0.15) is 37.1 Å². The van der Waals surface area contributed by atoms with Crippen molar-refractivity contribution in [3.63, 3.8) is 0 Å². The van der Waals surface area contributed by atoms with Crippen molar-refractivity contribution in [1.82, 2.24) is 15.5 Å². The van der Waals surface area contributed by atoms with Gasteiger partial charge in [-0.1, -0.05) is 11.6 Å². The molecule has 2 aromatic rings. The summed E-state index contributed by atoms with van der Waals surface area (Å²) in [5, 5.41) is 6.96. The van der Waals surface area contributed by atoms with Crippen molar-refractivity contribution in [2.24, 2.45) is 11.7 Å². The van der Waals surface area contributed by atoms with Crippen molar-refractivity contribution < 1.29 is 13.7 Å². The molecule has 2 unspecified atom stereocenters. The summed E-state index contributed by atoms with van der Waals surface area (Å²) in [6.07, 6.45) is 3.83. The lowest BCUT2D eigenvalue weighted by Gasteiger charge is -2.19. The lowest BCUT2D eigenvalue weighted by atomic mass is 10.0. The predicted molar refractivity (Wildman–Crippen MR) is 91.1 cm³/mol. The summed E-state index contributed by atoms with van der Waals surface area (Å²) in [7, 11) is 0. The molecule has 0 spiro atoms. The van der Waals surface area contributed by atoms with Gasteiger partial charge in [-0.2, -0.15) is 4.98 Å². The van der Waals surface area contributed by atoms with Gasteiger partial charge in [0.1, 0.15) is 5.82 Å². The Balaban J connectivity index is 1.54. The minimum absolute atomic E-state index is 0.0253. The van der Waals surface area contributed by atoms with Crippen molar-refractivity contribution in [3.8, 4) is 11.4 Å². The number of carbonyl (C=O) groups is 1. The SMILES string of the molecule is Cc1cc(-c2noc(CCC(=O)NC3CCCC3CN)n2)ccc1F. The number of nitrogens with one attached hydrogen (secondary N) is 1. The van der Waals surface area contributed by atoms with Crippen LogP contribution >= 0.6 is 0 Å². The molecule has 3 N–H and O–H groups in total. The van der Waals surface area contributed by atoms with Crippen LogP contribution in [0.3, 0.4) is 0 Å². The second-order valence-electron chi connectivity index (χ2n) is 6.58. The molecule has 0 saturated heterocycles. The molecule has 1 amide bonds. The lowest BCUT2D eigenvalue weighted by molar-refractivity contribution is -0.122. The molecule has 25 heavy (non-hydrogen) atoms. The van der Waals surface area contributed by atoms with Gasteiger partial charge in [-0.15, -0.1) is 0 Å². The Morgan fingerprint density at radius 2 is 2.28 bits per heavy atom. The average Bonchev–Trinajstić information content (AvgIpc) is 3.24. The number of aryl methyl sites for hydroxylation is 2. The van der Waals surface area contributed by atoms with E-state index in [9.17, 15) is 9.18 Å². The summed E-state index contributed by atoms with van der Waals surface area (Å²) in [6.45, 7) is 2.29. The zero-order valence-corrected chi connectivity index (χ0v) is 14.3. The van der Waals surface area contributed by atoms with Gasteiger partial charge in [0.2, 0.25) is 17.6 Å². The molecule has 0 radical (unpaired) electrons. The van der Waals surface area contributed by atoms with Crippen LogP contribution in [0.2, 0.25) is 0 Å². The van der Waals surface area contributed by atoms with Gasteiger partial charge in [0.15, 0.2) is 0 Å². The zero-order chi connectivity index (χ0) is 17.8. The first kappa shape index (κ1) is 17.5. The number of nitrogens with two attached hydrogens (primary N) is 1. The maximum absolute atomic E-state index is 13.3. The van der Waals surface area contributed by atoms with Crippen LogP contribution in [0.25, 0.3) is 11.4 Å². The second-order valence-corrected chi connectivity index (χ2v) is 6.58. The number of hydrogen-bond donors (Lipinski definition) is 2. The Morgan fingerprint density at radius 3 is 3.04 bits per heavy atom. The topological polar surface area (TPSA) is 94.0 Å². The van der Waals surface area contributed by atoms with Gasteiger partial charge >= 0.3 is 0 Å². The van der Waals surface area contributed by atoms with E-state index in [2.05, 4.69) is 15.5 Å². The fourth-order valence-corrected chi connectivity index (χ4v) is 3.27. The van der Waals surface area contributed by atoms with E-state index >= 15 is 0 Å². The summed E-state index contributed by atoms with van der Waals surface area (Å²) in [6, 6.07) is 4.84. The fraction of sp³-hybridized carbons (Fsp3) is 0.500. The maximum Gasteiger partial charge on any atom is 0.227 e. The highest BCUT2D eigenvalue weighted by Crippen LogP contribution is 2.24. The Hall–Kier alpha value is -2.28. The number of nitrogens with zero attached hydrogens (tertiary/aromatic N) is 2. The largest absolute Gasteiger partial charge is 0.353 e. The number of aromatic nitrogens is 2. The fourth-order valence-electron chi connectivity index (χ4n) is 3.27. The summed E-state index contributed by atoms with van der Waals surface area (Å²) < 4.78 is 18.5. The van der Waals surface area contributed by atoms with Crippen LogP contribution in [0, 0.1) is 18.7 Å². The maximum atomic E-state index is 13.3. The van der Waals surface area contributed by atoms with E-state index in [0.29, 0.717) is 41.7 Å². The molecule has 3 rings (SSSR count). The van der Waals surface area contributed by atoms with Crippen LogP contribution < -0.4 is 11.1 Å². The van der Waals surface area contributed by atoms with Gasteiger partial charge in [-0.3, -0.25) is 4.79 Å². The summed E-state index contributed by atoms with van der Waals surface area (Å²) in [5.74, 6) is 0.877. The number of rotatable bonds is 6. The quantitative estimate of drug-likeness (QED) is 0.837. The standard InChI is InChI=1S/C18H23FN4O2/c1-11-9-12(5-6-14(11)19)18-22-17(25-23-18)8-7-16(24)21-15-4-2-3-13(15)10-20/h5-6,9,13,15H,2-4,7-8,10,20H2,1H3,(H,21,24). The molecule has 1 aliphatic rings. The molecule has 1 aromatic heterocycles. The van der Waals surface area contributed by atoms with E-state index < -0.39 is 0 Å². The molecule has 1 aliphatic carbocycles. The van der Waals surface area contributed by atoms with Gasteiger partial charge in [0.25, 0.3) is 0 Å². The Kier molecular flexibility index (Phi) is 5.43. The van der Waals surface area contributed by atoms with Crippen molar-refractivity contribution in [2.75, 3.05) is 6.54 Å². The summed E-state index contributed by atoms with van der Waals surface area (Å²) in [5.41, 5.74) is 6.95. The van der Waals surface area contributed by atoms with Crippen LogP contribution in [-0.4, -0.2) is 28.6 Å². The third kappa shape index (κ3) is 4.22. The molecule has 134 valence electrons. The van der Waals surface area contributed by atoms with Crippen molar-refractivity contribution in [3.05, 3.63) is 35.5 Å². The van der Waals surface area contributed by atoms with Crippen molar-refractivity contribution >= 4 is 5.91 Å². The molecular formula is C18H23FN4O2. The van der Waals surface area contributed by atoms with E-state index in [1.165, 1.54) is 6.07 Å². The third-order valence-electron chi connectivity index (χ3n) is 4.76. The van der Waals surface area contributed by atoms with Crippen LogP contribution in [0.15, 0.2) is 22.7 Å². The number of carbonyl (C=O) groups excluding carboxylic acids is 1. The van der Waals surface area contributed by atoms with Gasteiger partial charge in [0.05, 0.1) is 0 Å². The van der Waals surface area contributed by atoms with Crippen LogP contribution in [0.4, 0.5) is 4.39 Å². The lowest BCUT2D eigenvalue weighted by Crippen LogP contribution is -2.39. The molecule has 2 atom stereocenters. The second kappa shape index (κ2) is 7.74. The highest BCUT2D eigenvalue weighted by molar-refractivity contribution is 5.76. The van der Waals surface area contributed by atoms with E-state index in [4.69, 9.17) is 10.3 Å². The van der Waals surface area contributed by atoms with Crippen LogP contribution in [-0.2, 0) is 11.2 Å². The summed E-state index contributed by atoms with van der Waals surface area (Å²) in [4.78, 5) is 16.4. The molecule has 0 aliphatic heterocycles. The summed E-state index contributed by atoms with van der Waals surface area (Å²) >= 11 is 0. The van der Waals surface area contributed by atoms with Crippen molar-refractivity contribution in [2.45, 2.75) is 45.1 Å². The van der Waals surface area contributed by atoms with E-state index in [1.54, 1.807) is 19.1 Å². The zero-order valence-electron chi connectivity index (χ0n) is 14.3. The molecule has 1 aromatic carbocycles. The minimum atomic E-state index is -0.271. The van der Waals surface area contributed by atoms with Crippen LogP contribution in [0.5, 0.6) is 0 Å². The molecule has 1 saturated carbocycles. The number of halogens is 1. The molecular weight excluding hydrogens is 323 g/mol. The smallest absolute Gasteiger partial charge is 0.227 e. The van der Waals surface area contributed by atoms with Gasteiger partial charge in [0, 0.05) is 24.4 Å². The first-order valence-corrected chi connectivity index (χ1v) is 8.65. The average molecular weight is 346 g/mol. The van der Waals surface area contributed by atoms with Crippen molar-refractivity contribution in [1.29, 1.82) is 0 Å². The first-order chi connectivity index (χ1) is 12.1. The van der Waals surface area contributed by atoms with E-state index in [-0.39, 0.29) is 24.2 Å². The minimum Gasteiger partial charge on any atom is -0.353 e. The van der Waals surface area contributed by atoms with Gasteiger partial charge < -0.3 is 15.6 Å². The number of amides is 1.